The first-order valence-electron chi connectivity index (χ1n) is 9.45. The fourth-order valence-corrected chi connectivity index (χ4v) is 3.57. The van der Waals surface area contributed by atoms with Crippen LogP contribution in [0.1, 0.15) is 34.7 Å². The number of aryl methyl sites for hydroxylation is 2. The molecule has 1 aliphatic rings. The summed E-state index contributed by atoms with van der Waals surface area (Å²) >= 11 is 0. The molecule has 0 bridgehead atoms. The van der Waals surface area contributed by atoms with Crippen molar-refractivity contribution >= 4 is 11.8 Å². The third-order valence-corrected chi connectivity index (χ3v) is 5.25. The molecule has 29 heavy (non-hydrogen) atoms. The number of nitrogens with one attached hydrogen (secondary N) is 2. The predicted molar refractivity (Wildman–Crippen MR) is 103 cm³/mol. The zero-order valence-electron chi connectivity index (χ0n) is 16.2. The van der Waals surface area contributed by atoms with Crippen molar-refractivity contribution in [3.63, 3.8) is 0 Å². The van der Waals surface area contributed by atoms with Crippen LogP contribution in [0.15, 0.2) is 48.5 Å². The molecule has 2 atom stereocenters. The standard InChI is InChI=1S/C22H23F3N2O2/c1-13-3-7-15(8-4-13)19(16-9-5-14(2)6-10-16)27-21(29)18-17(22(23,24)25)11-12-26-20(18)28/h3-10,17-19H,11-12H2,1-2H3,(H,26,28)(H,27,29). The van der Waals surface area contributed by atoms with Crippen LogP contribution in [0.5, 0.6) is 0 Å². The second-order valence-electron chi connectivity index (χ2n) is 7.47. The summed E-state index contributed by atoms with van der Waals surface area (Å²) in [6, 6.07) is 14.1. The Morgan fingerprint density at radius 1 is 1.00 bits per heavy atom. The third kappa shape index (κ3) is 4.78. The molecule has 7 heteroatoms. The summed E-state index contributed by atoms with van der Waals surface area (Å²) in [6.45, 7) is 3.75. The first-order valence-corrected chi connectivity index (χ1v) is 9.45. The van der Waals surface area contributed by atoms with Crippen molar-refractivity contribution in [2.24, 2.45) is 11.8 Å². The van der Waals surface area contributed by atoms with Crippen molar-refractivity contribution in [2.45, 2.75) is 32.5 Å². The highest BCUT2D eigenvalue weighted by molar-refractivity contribution is 6.01. The molecule has 0 saturated carbocycles. The van der Waals surface area contributed by atoms with E-state index < -0.39 is 35.9 Å². The maximum atomic E-state index is 13.4. The lowest BCUT2D eigenvalue weighted by Crippen LogP contribution is -2.54. The van der Waals surface area contributed by atoms with E-state index in [0.29, 0.717) is 0 Å². The smallest absolute Gasteiger partial charge is 0.355 e. The van der Waals surface area contributed by atoms with Crippen LogP contribution in [0.3, 0.4) is 0 Å². The summed E-state index contributed by atoms with van der Waals surface area (Å²) in [5.74, 6) is -5.60. The Hall–Kier alpha value is -2.83. The van der Waals surface area contributed by atoms with Gasteiger partial charge in [-0.1, -0.05) is 59.7 Å². The summed E-state index contributed by atoms with van der Waals surface area (Å²) in [5, 5.41) is 5.07. The average molecular weight is 404 g/mol. The number of benzene rings is 2. The molecule has 1 fully saturated rings. The lowest BCUT2D eigenvalue weighted by molar-refractivity contribution is -0.198. The maximum Gasteiger partial charge on any atom is 0.393 e. The van der Waals surface area contributed by atoms with Crippen LogP contribution in [0.25, 0.3) is 0 Å². The number of carbonyl (C=O) groups excluding carboxylic acids is 2. The van der Waals surface area contributed by atoms with Crippen molar-refractivity contribution < 1.29 is 22.8 Å². The van der Waals surface area contributed by atoms with Gasteiger partial charge in [0.05, 0.1) is 12.0 Å². The topological polar surface area (TPSA) is 58.2 Å². The van der Waals surface area contributed by atoms with E-state index >= 15 is 0 Å². The van der Waals surface area contributed by atoms with E-state index in [1.54, 1.807) is 0 Å². The van der Waals surface area contributed by atoms with E-state index in [9.17, 15) is 22.8 Å². The van der Waals surface area contributed by atoms with Gasteiger partial charge in [0.1, 0.15) is 5.92 Å². The van der Waals surface area contributed by atoms with Gasteiger partial charge in [0.2, 0.25) is 11.8 Å². The third-order valence-electron chi connectivity index (χ3n) is 5.25. The number of hydrogen-bond donors (Lipinski definition) is 2. The largest absolute Gasteiger partial charge is 0.393 e. The quantitative estimate of drug-likeness (QED) is 0.761. The summed E-state index contributed by atoms with van der Waals surface area (Å²) < 4.78 is 40.3. The average Bonchev–Trinajstić information content (AvgIpc) is 2.66. The molecule has 0 aromatic heterocycles. The van der Waals surface area contributed by atoms with Gasteiger partial charge in [-0.25, -0.2) is 0 Å². The van der Waals surface area contributed by atoms with E-state index in [0.717, 1.165) is 22.3 Å². The second kappa shape index (κ2) is 8.27. The van der Waals surface area contributed by atoms with Gasteiger partial charge in [0.25, 0.3) is 0 Å². The minimum atomic E-state index is -4.62. The van der Waals surface area contributed by atoms with Crippen molar-refractivity contribution in [3.05, 3.63) is 70.8 Å². The molecule has 1 aliphatic heterocycles. The molecule has 0 aliphatic carbocycles. The van der Waals surface area contributed by atoms with Gasteiger partial charge in [0.15, 0.2) is 0 Å². The number of carbonyl (C=O) groups is 2. The molecule has 2 aromatic carbocycles. The Balaban J connectivity index is 1.94. The van der Waals surface area contributed by atoms with E-state index in [4.69, 9.17) is 0 Å². The Morgan fingerprint density at radius 2 is 1.48 bits per heavy atom. The zero-order valence-corrected chi connectivity index (χ0v) is 16.2. The molecule has 1 saturated heterocycles. The number of amides is 2. The molecule has 0 radical (unpaired) electrons. The summed E-state index contributed by atoms with van der Waals surface area (Å²) in [4.78, 5) is 25.0. The first kappa shape index (κ1) is 20.9. The van der Waals surface area contributed by atoms with Crippen molar-refractivity contribution in [3.8, 4) is 0 Å². The molecule has 2 amide bonds. The van der Waals surface area contributed by atoms with Gasteiger partial charge in [-0.15, -0.1) is 0 Å². The SMILES string of the molecule is Cc1ccc(C(NC(=O)C2C(=O)NCCC2C(F)(F)F)c2ccc(C)cc2)cc1. The lowest BCUT2D eigenvalue weighted by atomic mass is 9.84. The fourth-order valence-electron chi connectivity index (χ4n) is 3.57. The molecule has 2 unspecified atom stereocenters. The van der Waals surface area contributed by atoms with Crippen LogP contribution >= 0.6 is 0 Å². The molecule has 2 aromatic rings. The number of halogens is 3. The van der Waals surface area contributed by atoms with Gasteiger partial charge in [-0.05, 0) is 31.4 Å². The highest BCUT2D eigenvalue weighted by atomic mass is 19.4. The molecule has 2 N–H and O–H groups in total. The fraction of sp³-hybridized carbons (Fsp3) is 0.364. The van der Waals surface area contributed by atoms with Crippen molar-refractivity contribution in [1.82, 2.24) is 10.6 Å². The Kier molecular flexibility index (Phi) is 5.96. The minimum absolute atomic E-state index is 0.0911. The maximum absolute atomic E-state index is 13.4. The predicted octanol–water partition coefficient (Wildman–Crippen LogP) is 3.82. The van der Waals surface area contributed by atoms with E-state index in [-0.39, 0.29) is 13.0 Å². The Morgan fingerprint density at radius 3 is 1.93 bits per heavy atom. The molecule has 4 nitrogen and oxygen atoms in total. The van der Waals surface area contributed by atoms with Crippen LogP contribution in [-0.4, -0.2) is 24.5 Å². The molecular weight excluding hydrogens is 381 g/mol. The van der Waals surface area contributed by atoms with Crippen molar-refractivity contribution in [2.75, 3.05) is 6.54 Å². The van der Waals surface area contributed by atoms with Gasteiger partial charge < -0.3 is 10.6 Å². The van der Waals surface area contributed by atoms with Crippen LogP contribution in [0.4, 0.5) is 13.2 Å². The summed E-state index contributed by atoms with van der Waals surface area (Å²) in [7, 11) is 0. The van der Waals surface area contributed by atoms with Gasteiger partial charge in [0, 0.05) is 6.54 Å². The van der Waals surface area contributed by atoms with Crippen molar-refractivity contribution in [1.29, 1.82) is 0 Å². The highest BCUT2D eigenvalue weighted by Crippen LogP contribution is 2.37. The van der Waals surface area contributed by atoms with Crippen LogP contribution in [-0.2, 0) is 9.59 Å². The highest BCUT2D eigenvalue weighted by Gasteiger charge is 2.52. The van der Waals surface area contributed by atoms with Gasteiger partial charge in [-0.2, -0.15) is 13.2 Å². The number of rotatable bonds is 4. The van der Waals surface area contributed by atoms with Crippen LogP contribution in [0.2, 0.25) is 0 Å². The Labute approximate surface area is 167 Å². The lowest BCUT2D eigenvalue weighted by Gasteiger charge is -2.32. The molecule has 154 valence electrons. The van der Waals surface area contributed by atoms with E-state index in [2.05, 4.69) is 10.6 Å². The molecule has 3 rings (SSSR count). The first-order chi connectivity index (χ1) is 13.7. The Bertz CT molecular complexity index is 831. The van der Waals surface area contributed by atoms with Gasteiger partial charge in [-0.3, -0.25) is 9.59 Å². The van der Waals surface area contributed by atoms with Gasteiger partial charge >= 0.3 is 6.18 Å². The normalized spacial score (nSPS) is 19.7. The van der Waals surface area contributed by atoms with Crippen LogP contribution < -0.4 is 10.6 Å². The summed E-state index contributed by atoms with van der Waals surface area (Å²) in [5.41, 5.74) is 3.50. The molecule has 1 heterocycles. The van der Waals surface area contributed by atoms with Crippen LogP contribution in [0, 0.1) is 25.7 Å². The monoisotopic (exact) mass is 404 g/mol. The summed E-state index contributed by atoms with van der Waals surface area (Å²) in [6.07, 6.45) is -4.93. The van der Waals surface area contributed by atoms with E-state index in [1.807, 2.05) is 62.4 Å². The molecular formula is C22H23F3N2O2. The number of piperidine rings is 1. The van der Waals surface area contributed by atoms with E-state index in [1.165, 1.54) is 0 Å². The zero-order chi connectivity index (χ0) is 21.2. The number of hydrogen-bond acceptors (Lipinski definition) is 2. The second-order valence-corrected chi connectivity index (χ2v) is 7.47. The minimum Gasteiger partial charge on any atom is -0.355 e. The number of alkyl halides is 3. The molecule has 0 spiro atoms.